The van der Waals surface area contributed by atoms with E-state index in [1.807, 2.05) is 12.1 Å². The van der Waals surface area contributed by atoms with Crippen molar-refractivity contribution in [1.82, 2.24) is 5.32 Å². The molecule has 1 heterocycles. The van der Waals surface area contributed by atoms with Gasteiger partial charge in [-0.1, -0.05) is 19.3 Å². The zero-order valence-corrected chi connectivity index (χ0v) is 14.0. The van der Waals surface area contributed by atoms with Crippen molar-refractivity contribution in [2.24, 2.45) is 0 Å². The van der Waals surface area contributed by atoms with E-state index in [-0.39, 0.29) is 18.6 Å². The fraction of sp³-hybridized carbons (Fsp3) is 0.467. The summed E-state index contributed by atoms with van der Waals surface area (Å²) in [5, 5.41) is 2.91. The van der Waals surface area contributed by atoms with Crippen molar-refractivity contribution >= 4 is 45.2 Å². The Morgan fingerprint density at radius 3 is 2.76 bits per heavy atom. The van der Waals surface area contributed by atoms with Crippen molar-refractivity contribution in [1.29, 1.82) is 0 Å². The van der Waals surface area contributed by atoms with Gasteiger partial charge in [0.1, 0.15) is 0 Å². The molecular formula is C15H18BrNO3S. The first-order valence-electron chi connectivity index (χ1n) is 7.03. The van der Waals surface area contributed by atoms with Gasteiger partial charge in [-0.2, -0.15) is 0 Å². The zero-order chi connectivity index (χ0) is 15.1. The molecule has 0 bridgehead atoms. The van der Waals surface area contributed by atoms with Gasteiger partial charge in [0.05, 0.1) is 3.79 Å². The number of hydrogen-bond donors (Lipinski definition) is 1. The minimum Gasteiger partial charge on any atom is -0.452 e. The molecule has 0 atom stereocenters. The van der Waals surface area contributed by atoms with Crippen LogP contribution >= 0.6 is 27.3 Å². The lowest BCUT2D eigenvalue weighted by molar-refractivity contribution is -0.144. The van der Waals surface area contributed by atoms with Crippen molar-refractivity contribution in [3.63, 3.8) is 0 Å². The van der Waals surface area contributed by atoms with Crippen LogP contribution in [0.3, 0.4) is 0 Å². The summed E-state index contributed by atoms with van der Waals surface area (Å²) in [7, 11) is 0. The number of carbonyl (C=O) groups excluding carboxylic acids is 2. The van der Waals surface area contributed by atoms with Gasteiger partial charge < -0.3 is 10.1 Å². The molecule has 21 heavy (non-hydrogen) atoms. The van der Waals surface area contributed by atoms with Crippen LogP contribution in [0.1, 0.15) is 37.0 Å². The molecule has 0 aliphatic heterocycles. The summed E-state index contributed by atoms with van der Waals surface area (Å²) in [6, 6.07) is 4.05. The molecule has 0 radical (unpaired) electrons. The van der Waals surface area contributed by atoms with Crippen LogP contribution in [0.2, 0.25) is 0 Å². The second kappa shape index (κ2) is 8.34. The van der Waals surface area contributed by atoms with E-state index < -0.39 is 5.97 Å². The Bertz CT molecular complexity index is 521. The summed E-state index contributed by atoms with van der Waals surface area (Å²) < 4.78 is 5.93. The summed E-state index contributed by atoms with van der Waals surface area (Å²) in [6.45, 7) is -0.214. The zero-order valence-electron chi connectivity index (χ0n) is 11.6. The van der Waals surface area contributed by atoms with E-state index in [2.05, 4.69) is 21.2 Å². The minimum atomic E-state index is -0.502. The first-order chi connectivity index (χ1) is 10.1. The molecule has 1 saturated carbocycles. The van der Waals surface area contributed by atoms with E-state index >= 15 is 0 Å². The molecule has 0 aromatic carbocycles. The van der Waals surface area contributed by atoms with Crippen LogP contribution < -0.4 is 5.32 Å². The highest BCUT2D eigenvalue weighted by Gasteiger charge is 2.16. The maximum Gasteiger partial charge on any atom is 0.331 e. The van der Waals surface area contributed by atoms with Gasteiger partial charge in [-0.05, 0) is 47.0 Å². The summed E-state index contributed by atoms with van der Waals surface area (Å²) in [6.07, 6.45) is 8.61. The highest BCUT2D eigenvalue weighted by atomic mass is 79.9. The molecule has 6 heteroatoms. The number of hydrogen-bond acceptors (Lipinski definition) is 4. The third-order valence-electron chi connectivity index (χ3n) is 3.29. The molecule has 2 rings (SSSR count). The molecule has 114 valence electrons. The Balaban J connectivity index is 1.68. The van der Waals surface area contributed by atoms with E-state index in [0.29, 0.717) is 0 Å². The Labute approximate surface area is 136 Å². The number of rotatable bonds is 5. The molecule has 0 unspecified atom stereocenters. The number of carbonyl (C=O) groups is 2. The Hall–Kier alpha value is -1.14. The van der Waals surface area contributed by atoms with E-state index in [4.69, 9.17) is 4.74 Å². The van der Waals surface area contributed by atoms with E-state index in [9.17, 15) is 9.59 Å². The lowest BCUT2D eigenvalue weighted by atomic mass is 9.95. The molecule has 0 spiro atoms. The van der Waals surface area contributed by atoms with Gasteiger partial charge in [0.25, 0.3) is 5.91 Å². The average molecular weight is 372 g/mol. The highest BCUT2D eigenvalue weighted by molar-refractivity contribution is 9.11. The predicted molar refractivity (Wildman–Crippen MR) is 87.0 cm³/mol. The molecule has 1 fully saturated rings. The Morgan fingerprint density at radius 2 is 2.10 bits per heavy atom. The molecule has 1 amide bonds. The first kappa shape index (κ1) is 16.2. The minimum absolute atomic E-state index is 0.214. The maximum absolute atomic E-state index is 11.7. The van der Waals surface area contributed by atoms with Crippen molar-refractivity contribution in [2.75, 3.05) is 6.61 Å². The molecule has 1 aliphatic rings. The van der Waals surface area contributed by atoms with Crippen LogP contribution in [0.4, 0.5) is 0 Å². The predicted octanol–water partition coefficient (Wildman–Crippen LogP) is 3.52. The van der Waals surface area contributed by atoms with Crippen LogP contribution in [0.15, 0.2) is 22.0 Å². The highest BCUT2D eigenvalue weighted by Crippen LogP contribution is 2.23. The van der Waals surface area contributed by atoms with Gasteiger partial charge in [0.15, 0.2) is 6.61 Å². The number of esters is 1. The number of nitrogens with one attached hydrogen (secondary N) is 1. The molecule has 1 aliphatic carbocycles. The topological polar surface area (TPSA) is 55.4 Å². The largest absolute Gasteiger partial charge is 0.452 e. The van der Waals surface area contributed by atoms with Gasteiger partial charge >= 0.3 is 5.97 Å². The van der Waals surface area contributed by atoms with Crippen molar-refractivity contribution in [2.45, 2.75) is 38.1 Å². The normalized spacial score (nSPS) is 16.0. The van der Waals surface area contributed by atoms with Crippen molar-refractivity contribution in [3.05, 3.63) is 26.9 Å². The number of amides is 1. The Morgan fingerprint density at radius 1 is 1.33 bits per heavy atom. The third kappa shape index (κ3) is 6.01. The average Bonchev–Trinajstić information content (AvgIpc) is 2.90. The molecule has 1 aromatic rings. The number of ether oxygens (including phenoxy) is 1. The molecule has 1 aromatic heterocycles. The van der Waals surface area contributed by atoms with Crippen molar-refractivity contribution < 1.29 is 14.3 Å². The van der Waals surface area contributed by atoms with Gasteiger partial charge in [0, 0.05) is 17.0 Å². The number of thiophene rings is 1. The van der Waals surface area contributed by atoms with E-state index in [0.717, 1.165) is 34.3 Å². The second-order valence-corrected chi connectivity index (χ2v) is 7.48. The smallest absolute Gasteiger partial charge is 0.331 e. The summed E-state index contributed by atoms with van der Waals surface area (Å²) in [5.41, 5.74) is 0. The maximum atomic E-state index is 11.7. The van der Waals surface area contributed by atoms with Crippen LogP contribution in [0.5, 0.6) is 0 Å². The quantitative estimate of drug-likeness (QED) is 0.636. The van der Waals surface area contributed by atoms with Crippen LogP contribution in [-0.4, -0.2) is 24.5 Å². The fourth-order valence-electron chi connectivity index (χ4n) is 2.27. The molecular weight excluding hydrogens is 354 g/mol. The standard InChI is InChI=1S/C15H18BrNO3S/c16-13-8-6-12(21-13)7-9-15(19)20-10-14(18)17-11-4-2-1-3-5-11/h6-9,11H,1-5,10H2,(H,17,18)/b9-7+. The second-order valence-electron chi connectivity index (χ2n) is 4.99. The van der Waals surface area contributed by atoms with Crippen LogP contribution in [-0.2, 0) is 14.3 Å². The van der Waals surface area contributed by atoms with Gasteiger partial charge in [0.2, 0.25) is 0 Å². The fourth-order valence-corrected chi connectivity index (χ4v) is 3.60. The summed E-state index contributed by atoms with van der Waals surface area (Å²) >= 11 is 4.87. The first-order valence-corrected chi connectivity index (χ1v) is 8.64. The lowest BCUT2D eigenvalue weighted by Gasteiger charge is -2.22. The monoisotopic (exact) mass is 371 g/mol. The van der Waals surface area contributed by atoms with Gasteiger partial charge in [-0.3, -0.25) is 4.79 Å². The molecule has 4 nitrogen and oxygen atoms in total. The Kier molecular flexibility index (Phi) is 6.45. The summed E-state index contributed by atoms with van der Waals surface area (Å²) in [5.74, 6) is -0.721. The van der Waals surface area contributed by atoms with Gasteiger partial charge in [-0.15, -0.1) is 11.3 Å². The number of halogens is 1. The van der Waals surface area contributed by atoms with Crippen LogP contribution in [0, 0.1) is 0 Å². The van der Waals surface area contributed by atoms with Gasteiger partial charge in [-0.25, -0.2) is 4.79 Å². The van der Waals surface area contributed by atoms with E-state index in [1.54, 1.807) is 6.08 Å². The van der Waals surface area contributed by atoms with Crippen LogP contribution in [0.25, 0.3) is 6.08 Å². The molecule has 0 saturated heterocycles. The SMILES string of the molecule is O=C(COC(=O)/C=C/c1ccc(Br)s1)NC1CCCCC1. The molecule has 1 N–H and O–H groups in total. The van der Waals surface area contributed by atoms with Crippen molar-refractivity contribution in [3.8, 4) is 0 Å². The third-order valence-corrected chi connectivity index (χ3v) is 4.88. The van der Waals surface area contributed by atoms with E-state index in [1.165, 1.54) is 23.8 Å². The summed E-state index contributed by atoms with van der Waals surface area (Å²) in [4.78, 5) is 24.1. The lowest BCUT2D eigenvalue weighted by Crippen LogP contribution is -2.38.